The number of anilines is 1. The quantitative estimate of drug-likeness (QED) is 0.666. The maximum atomic E-state index is 10.7. The van der Waals surface area contributed by atoms with Crippen LogP contribution in [0.25, 0.3) is 0 Å². The number of nitro groups is 1. The topological polar surface area (TPSA) is 68.1 Å². The molecule has 1 atom stereocenters. The molecule has 1 aromatic heterocycles. The van der Waals surface area contributed by atoms with Gasteiger partial charge in [0.1, 0.15) is 12.0 Å². The summed E-state index contributed by atoms with van der Waals surface area (Å²) in [5.74, 6) is 0.647. The highest BCUT2D eigenvalue weighted by Gasteiger charge is 2.17. The molecular weight excluding hydrogens is 306 g/mol. The van der Waals surface area contributed by atoms with Crippen LogP contribution in [0.1, 0.15) is 12.5 Å². The van der Waals surface area contributed by atoms with Crippen LogP contribution in [0, 0.1) is 17.0 Å². The molecular formula is C10H14BrN3O2S. The monoisotopic (exact) mass is 319 g/mol. The molecule has 0 aliphatic carbocycles. The predicted octanol–water partition coefficient (Wildman–Crippen LogP) is 3.22. The summed E-state index contributed by atoms with van der Waals surface area (Å²) in [5.41, 5.74) is 0.615. The molecule has 0 radical (unpaired) electrons. The van der Waals surface area contributed by atoms with Gasteiger partial charge in [0, 0.05) is 17.4 Å². The van der Waals surface area contributed by atoms with Crippen LogP contribution < -0.4 is 5.32 Å². The molecule has 0 fully saturated rings. The van der Waals surface area contributed by atoms with Gasteiger partial charge in [-0.05, 0) is 29.1 Å². The number of aromatic nitrogens is 1. The van der Waals surface area contributed by atoms with E-state index < -0.39 is 4.92 Å². The number of nitrogens with one attached hydrogen (secondary N) is 1. The van der Waals surface area contributed by atoms with Crippen molar-refractivity contribution in [2.24, 2.45) is 0 Å². The second-order valence-electron chi connectivity index (χ2n) is 3.62. The fourth-order valence-corrected chi connectivity index (χ4v) is 1.90. The molecule has 0 spiro atoms. The van der Waals surface area contributed by atoms with E-state index in [9.17, 15) is 10.1 Å². The molecule has 0 amide bonds. The summed E-state index contributed by atoms with van der Waals surface area (Å²) < 4.78 is 0.653. The number of rotatable bonds is 5. The highest BCUT2D eigenvalue weighted by atomic mass is 79.9. The summed E-state index contributed by atoms with van der Waals surface area (Å²) in [6, 6.07) is 0. The Morgan fingerprint density at radius 3 is 2.88 bits per heavy atom. The average molecular weight is 320 g/mol. The molecule has 1 unspecified atom stereocenters. The molecule has 1 aromatic rings. The van der Waals surface area contributed by atoms with Crippen molar-refractivity contribution in [3.63, 3.8) is 0 Å². The number of thioether (sulfide) groups is 1. The van der Waals surface area contributed by atoms with Crippen LogP contribution in [0.5, 0.6) is 0 Å². The van der Waals surface area contributed by atoms with Crippen molar-refractivity contribution in [1.82, 2.24) is 4.98 Å². The standard InChI is InChI=1S/C10H14BrN3O2S/c1-6(17-3)4-12-10-9(11)7(2)8(5-13-10)14(15)16/h5-6H,4H2,1-3H3,(H,12,13). The zero-order chi connectivity index (χ0) is 13.0. The maximum Gasteiger partial charge on any atom is 0.291 e. The van der Waals surface area contributed by atoms with E-state index in [2.05, 4.69) is 33.2 Å². The fraction of sp³-hybridized carbons (Fsp3) is 0.500. The van der Waals surface area contributed by atoms with Crippen molar-refractivity contribution < 1.29 is 4.92 Å². The lowest BCUT2D eigenvalue weighted by atomic mass is 10.2. The van der Waals surface area contributed by atoms with Crippen molar-refractivity contribution in [2.45, 2.75) is 19.1 Å². The van der Waals surface area contributed by atoms with Crippen molar-refractivity contribution in [3.05, 3.63) is 26.3 Å². The van der Waals surface area contributed by atoms with Crippen molar-refractivity contribution in [1.29, 1.82) is 0 Å². The zero-order valence-electron chi connectivity index (χ0n) is 9.86. The van der Waals surface area contributed by atoms with Gasteiger partial charge in [-0.3, -0.25) is 10.1 Å². The number of hydrogen-bond donors (Lipinski definition) is 1. The Morgan fingerprint density at radius 1 is 1.71 bits per heavy atom. The minimum Gasteiger partial charge on any atom is -0.368 e. The van der Waals surface area contributed by atoms with E-state index in [-0.39, 0.29) is 5.69 Å². The molecule has 0 aliphatic rings. The fourth-order valence-electron chi connectivity index (χ4n) is 1.20. The Balaban J connectivity index is 2.89. The lowest BCUT2D eigenvalue weighted by Crippen LogP contribution is -2.14. The third kappa shape index (κ3) is 3.57. The number of hydrogen-bond acceptors (Lipinski definition) is 5. The first-order chi connectivity index (χ1) is 7.97. The van der Waals surface area contributed by atoms with E-state index in [4.69, 9.17) is 0 Å². The van der Waals surface area contributed by atoms with Crippen LogP contribution >= 0.6 is 27.7 Å². The van der Waals surface area contributed by atoms with Crippen molar-refractivity contribution in [3.8, 4) is 0 Å². The normalized spacial score (nSPS) is 12.2. The van der Waals surface area contributed by atoms with Crippen LogP contribution in [-0.4, -0.2) is 28.0 Å². The molecule has 1 heterocycles. The molecule has 0 saturated carbocycles. The zero-order valence-corrected chi connectivity index (χ0v) is 12.3. The van der Waals surface area contributed by atoms with E-state index in [0.717, 1.165) is 6.54 Å². The van der Waals surface area contributed by atoms with Gasteiger partial charge in [0.05, 0.1) is 9.40 Å². The Bertz CT molecular complexity index is 428. The summed E-state index contributed by atoms with van der Waals surface area (Å²) in [7, 11) is 0. The summed E-state index contributed by atoms with van der Waals surface area (Å²) in [6.07, 6.45) is 3.32. The predicted molar refractivity (Wildman–Crippen MR) is 74.8 cm³/mol. The van der Waals surface area contributed by atoms with Crippen LogP contribution in [-0.2, 0) is 0 Å². The number of pyridine rings is 1. The Kier molecular flexibility index (Phi) is 5.20. The van der Waals surface area contributed by atoms with Crippen molar-refractivity contribution >= 4 is 39.2 Å². The molecule has 1 N–H and O–H groups in total. The molecule has 7 heteroatoms. The summed E-state index contributed by atoms with van der Waals surface area (Å²) in [5, 5.41) is 14.3. The highest BCUT2D eigenvalue weighted by molar-refractivity contribution is 9.10. The number of nitrogens with zero attached hydrogens (tertiary/aromatic N) is 2. The van der Waals surface area contributed by atoms with Gasteiger partial charge in [0.2, 0.25) is 0 Å². The first-order valence-electron chi connectivity index (χ1n) is 5.03. The summed E-state index contributed by atoms with van der Waals surface area (Å²) in [4.78, 5) is 14.3. The minimum atomic E-state index is -0.429. The first-order valence-corrected chi connectivity index (χ1v) is 7.11. The molecule has 17 heavy (non-hydrogen) atoms. The lowest BCUT2D eigenvalue weighted by Gasteiger charge is -2.12. The second-order valence-corrected chi connectivity index (χ2v) is 5.68. The van der Waals surface area contributed by atoms with Gasteiger partial charge < -0.3 is 5.32 Å². The Labute approximate surface area is 113 Å². The van der Waals surface area contributed by atoms with Gasteiger partial charge >= 0.3 is 0 Å². The van der Waals surface area contributed by atoms with E-state index in [1.807, 2.05) is 6.26 Å². The van der Waals surface area contributed by atoms with E-state index in [0.29, 0.717) is 21.1 Å². The van der Waals surface area contributed by atoms with Gasteiger partial charge in [-0.15, -0.1) is 0 Å². The summed E-state index contributed by atoms with van der Waals surface area (Å²) >= 11 is 5.08. The Morgan fingerprint density at radius 2 is 2.35 bits per heavy atom. The van der Waals surface area contributed by atoms with Crippen molar-refractivity contribution in [2.75, 3.05) is 18.1 Å². The van der Waals surface area contributed by atoms with E-state index in [1.165, 1.54) is 6.20 Å². The van der Waals surface area contributed by atoms with Gasteiger partial charge in [-0.2, -0.15) is 11.8 Å². The van der Waals surface area contributed by atoms with Gasteiger partial charge in [0.25, 0.3) is 5.69 Å². The third-order valence-corrected chi connectivity index (χ3v) is 4.34. The molecule has 0 aromatic carbocycles. The van der Waals surface area contributed by atoms with Gasteiger partial charge in [0.15, 0.2) is 0 Å². The smallest absolute Gasteiger partial charge is 0.291 e. The molecule has 1 rings (SSSR count). The number of halogens is 1. The largest absolute Gasteiger partial charge is 0.368 e. The lowest BCUT2D eigenvalue weighted by molar-refractivity contribution is -0.385. The molecule has 0 bridgehead atoms. The molecule has 94 valence electrons. The third-order valence-electron chi connectivity index (χ3n) is 2.39. The van der Waals surface area contributed by atoms with E-state index in [1.54, 1.807) is 18.7 Å². The highest BCUT2D eigenvalue weighted by Crippen LogP contribution is 2.30. The molecule has 5 nitrogen and oxygen atoms in total. The first kappa shape index (κ1) is 14.2. The van der Waals surface area contributed by atoms with E-state index >= 15 is 0 Å². The van der Waals surface area contributed by atoms with Crippen LogP contribution in [0.3, 0.4) is 0 Å². The average Bonchev–Trinajstić information content (AvgIpc) is 2.30. The van der Waals surface area contributed by atoms with Gasteiger partial charge in [-0.25, -0.2) is 4.98 Å². The Hall–Kier alpha value is -0.820. The SMILES string of the molecule is CSC(C)CNc1ncc([N+](=O)[O-])c(C)c1Br. The minimum absolute atomic E-state index is 0.0281. The molecule has 0 saturated heterocycles. The van der Waals surface area contributed by atoms with Crippen LogP contribution in [0.2, 0.25) is 0 Å². The second kappa shape index (κ2) is 6.20. The van der Waals surface area contributed by atoms with Gasteiger partial charge in [-0.1, -0.05) is 6.92 Å². The van der Waals surface area contributed by atoms with Crippen LogP contribution in [0.15, 0.2) is 10.7 Å². The molecule has 0 aliphatic heterocycles. The summed E-state index contributed by atoms with van der Waals surface area (Å²) in [6.45, 7) is 4.57. The maximum absolute atomic E-state index is 10.7. The van der Waals surface area contributed by atoms with Crippen LogP contribution in [0.4, 0.5) is 11.5 Å².